The molecule has 6 heteroatoms. The number of nitriles is 1. The van der Waals surface area contributed by atoms with E-state index in [4.69, 9.17) is 5.26 Å². The zero-order valence-corrected chi connectivity index (χ0v) is 11.1. The molecule has 92 valence electrons. The molecule has 0 saturated heterocycles. The fraction of sp³-hybridized carbons (Fsp3) is 0.364. The van der Waals surface area contributed by atoms with Gasteiger partial charge >= 0.3 is 0 Å². The van der Waals surface area contributed by atoms with Crippen molar-refractivity contribution in [3.05, 3.63) is 24.3 Å². The third-order valence-electron chi connectivity index (χ3n) is 2.11. The van der Waals surface area contributed by atoms with Crippen LogP contribution in [0.15, 0.2) is 34.1 Å². The van der Waals surface area contributed by atoms with Crippen LogP contribution < -0.4 is 0 Å². The molecular formula is C11H13NO3S2. The Kier molecular flexibility index (Phi) is 4.85. The van der Waals surface area contributed by atoms with Gasteiger partial charge in [0.15, 0.2) is 9.84 Å². The van der Waals surface area contributed by atoms with Crippen molar-refractivity contribution in [3.63, 3.8) is 0 Å². The number of rotatable bonds is 5. The van der Waals surface area contributed by atoms with E-state index in [0.29, 0.717) is 23.5 Å². The lowest BCUT2D eigenvalue weighted by Gasteiger charge is -2.06. The first-order chi connectivity index (χ1) is 7.96. The zero-order chi connectivity index (χ0) is 12.9. The van der Waals surface area contributed by atoms with Gasteiger partial charge in [-0.1, -0.05) is 12.1 Å². The summed E-state index contributed by atoms with van der Waals surface area (Å²) in [6.07, 6.45) is 1.92. The van der Waals surface area contributed by atoms with Crippen LogP contribution in [0.2, 0.25) is 0 Å². The molecule has 17 heavy (non-hydrogen) atoms. The Morgan fingerprint density at radius 1 is 1.35 bits per heavy atom. The van der Waals surface area contributed by atoms with E-state index >= 15 is 0 Å². The molecule has 0 fully saturated rings. The summed E-state index contributed by atoms with van der Waals surface area (Å²) >= 11 is 0. The zero-order valence-electron chi connectivity index (χ0n) is 9.42. The van der Waals surface area contributed by atoms with Crippen LogP contribution in [0.5, 0.6) is 0 Å². The summed E-state index contributed by atoms with van der Waals surface area (Å²) in [5.41, 5.74) is 0. The van der Waals surface area contributed by atoms with Gasteiger partial charge < -0.3 is 0 Å². The highest BCUT2D eigenvalue weighted by Gasteiger charge is 2.16. The first-order valence-corrected chi connectivity index (χ1v) is 8.22. The third kappa shape index (κ3) is 3.95. The summed E-state index contributed by atoms with van der Waals surface area (Å²) in [4.78, 5) is 0.434. The standard InChI is InChI=1S/C11H13NO3S2/c1-17(14,15)11-7-3-2-6-10(11)16(13)9-5-4-8-12/h2-3,6-7H,4-5,9H2,1H3/t16-/m1/s1. The maximum Gasteiger partial charge on any atom is 0.176 e. The SMILES string of the molecule is CS(=O)(=O)c1ccccc1[S@](=O)CCCC#N. The van der Waals surface area contributed by atoms with Gasteiger partial charge in [-0.25, -0.2) is 8.42 Å². The number of unbranched alkanes of at least 4 members (excludes halogenated alkanes) is 1. The summed E-state index contributed by atoms with van der Waals surface area (Å²) in [5.74, 6) is 0.306. The van der Waals surface area contributed by atoms with Gasteiger partial charge in [0.05, 0.1) is 26.7 Å². The molecule has 0 aliphatic carbocycles. The van der Waals surface area contributed by atoms with Crippen molar-refractivity contribution >= 4 is 20.6 Å². The summed E-state index contributed by atoms with van der Waals surface area (Å²) in [6.45, 7) is 0. The third-order valence-corrected chi connectivity index (χ3v) is 4.90. The summed E-state index contributed by atoms with van der Waals surface area (Å²) in [5, 5.41) is 8.39. The fourth-order valence-electron chi connectivity index (χ4n) is 1.34. The van der Waals surface area contributed by atoms with Crippen molar-refractivity contribution in [2.24, 2.45) is 0 Å². The van der Waals surface area contributed by atoms with E-state index in [1.54, 1.807) is 18.2 Å². The van der Waals surface area contributed by atoms with E-state index in [-0.39, 0.29) is 4.90 Å². The van der Waals surface area contributed by atoms with Gasteiger partial charge in [-0.3, -0.25) is 4.21 Å². The van der Waals surface area contributed by atoms with E-state index < -0.39 is 20.6 Å². The largest absolute Gasteiger partial charge is 0.254 e. The molecule has 0 unspecified atom stereocenters. The molecule has 1 atom stereocenters. The van der Waals surface area contributed by atoms with Gasteiger partial charge in [0.1, 0.15) is 0 Å². The smallest absolute Gasteiger partial charge is 0.176 e. The second-order valence-corrected chi connectivity index (χ2v) is 7.05. The molecule has 0 aliphatic rings. The second kappa shape index (κ2) is 5.94. The highest BCUT2D eigenvalue weighted by molar-refractivity contribution is 7.92. The number of sulfone groups is 1. The van der Waals surface area contributed by atoms with Crippen LogP contribution in [0, 0.1) is 11.3 Å². The van der Waals surface area contributed by atoms with Crippen LogP contribution >= 0.6 is 0 Å². The molecule has 1 rings (SSSR count). The maximum absolute atomic E-state index is 11.9. The lowest BCUT2D eigenvalue weighted by molar-refractivity contribution is 0.599. The lowest BCUT2D eigenvalue weighted by Crippen LogP contribution is -2.06. The average molecular weight is 271 g/mol. The van der Waals surface area contributed by atoms with E-state index in [0.717, 1.165) is 6.26 Å². The van der Waals surface area contributed by atoms with Crippen molar-refractivity contribution in [2.75, 3.05) is 12.0 Å². The molecule has 0 radical (unpaired) electrons. The summed E-state index contributed by atoms with van der Waals surface area (Å²) < 4.78 is 34.9. The van der Waals surface area contributed by atoms with Crippen LogP contribution in [0.3, 0.4) is 0 Å². The predicted octanol–water partition coefficient (Wildman–Crippen LogP) is 1.50. The van der Waals surface area contributed by atoms with Crippen LogP contribution in [0.25, 0.3) is 0 Å². The highest BCUT2D eigenvalue weighted by Crippen LogP contribution is 2.19. The van der Waals surface area contributed by atoms with E-state index in [1.807, 2.05) is 6.07 Å². The van der Waals surface area contributed by atoms with E-state index in [2.05, 4.69) is 0 Å². The first kappa shape index (κ1) is 13.9. The van der Waals surface area contributed by atoms with Gasteiger partial charge in [0.2, 0.25) is 0 Å². The van der Waals surface area contributed by atoms with Crippen molar-refractivity contribution < 1.29 is 12.6 Å². The van der Waals surface area contributed by atoms with Crippen molar-refractivity contribution in [3.8, 4) is 6.07 Å². The van der Waals surface area contributed by atoms with Gasteiger partial charge in [0.25, 0.3) is 0 Å². The Morgan fingerprint density at radius 2 is 2.00 bits per heavy atom. The fourth-order valence-corrected chi connectivity index (χ4v) is 3.98. The molecule has 1 aromatic rings. The Labute approximate surface area is 104 Å². The Hall–Kier alpha value is -1.19. The molecule has 0 aliphatic heterocycles. The van der Waals surface area contributed by atoms with Crippen LogP contribution in [0.1, 0.15) is 12.8 Å². The first-order valence-electron chi connectivity index (χ1n) is 5.01. The Morgan fingerprint density at radius 3 is 2.59 bits per heavy atom. The van der Waals surface area contributed by atoms with Crippen LogP contribution in [-0.2, 0) is 20.6 Å². The average Bonchev–Trinajstić information content (AvgIpc) is 2.28. The minimum absolute atomic E-state index is 0.107. The lowest BCUT2D eigenvalue weighted by atomic mass is 10.4. The maximum atomic E-state index is 11.9. The molecule has 0 heterocycles. The number of nitrogens with zero attached hydrogens (tertiary/aromatic N) is 1. The minimum atomic E-state index is -3.37. The molecule has 4 nitrogen and oxygen atoms in total. The van der Waals surface area contributed by atoms with Gasteiger partial charge in [0, 0.05) is 18.4 Å². The molecule has 0 N–H and O–H groups in total. The van der Waals surface area contributed by atoms with Gasteiger partial charge in [-0.05, 0) is 18.6 Å². The summed E-state index contributed by atoms with van der Waals surface area (Å²) in [7, 11) is -4.74. The van der Waals surface area contributed by atoms with Gasteiger partial charge in [-0.15, -0.1) is 0 Å². The quantitative estimate of drug-likeness (QED) is 0.761. The number of hydrogen-bond donors (Lipinski definition) is 0. The summed E-state index contributed by atoms with van der Waals surface area (Å²) in [6, 6.07) is 8.23. The predicted molar refractivity (Wildman–Crippen MR) is 65.7 cm³/mol. The normalized spacial score (nSPS) is 12.9. The minimum Gasteiger partial charge on any atom is -0.254 e. The number of benzene rings is 1. The topological polar surface area (TPSA) is 75.0 Å². The van der Waals surface area contributed by atoms with Crippen molar-refractivity contribution in [2.45, 2.75) is 22.6 Å². The van der Waals surface area contributed by atoms with E-state index in [1.165, 1.54) is 6.07 Å². The second-order valence-electron chi connectivity index (χ2n) is 3.53. The van der Waals surface area contributed by atoms with E-state index in [9.17, 15) is 12.6 Å². The molecule has 1 aromatic carbocycles. The van der Waals surface area contributed by atoms with Crippen molar-refractivity contribution in [1.82, 2.24) is 0 Å². The molecule has 0 amide bonds. The highest BCUT2D eigenvalue weighted by atomic mass is 32.2. The van der Waals surface area contributed by atoms with Crippen LogP contribution in [-0.4, -0.2) is 24.6 Å². The molecule has 0 saturated carbocycles. The molecule has 0 aromatic heterocycles. The van der Waals surface area contributed by atoms with Crippen LogP contribution in [0.4, 0.5) is 0 Å². The number of hydrogen-bond acceptors (Lipinski definition) is 4. The van der Waals surface area contributed by atoms with Gasteiger partial charge in [-0.2, -0.15) is 5.26 Å². The monoisotopic (exact) mass is 271 g/mol. The molecule has 0 spiro atoms. The Bertz CT molecular complexity index is 558. The molecular weight excluding hydrogens is 258 g/mol. The Balaban J connectivity index is 2.99. The molecule has 0 bridgehead atoms. The van der Waals surface area contributed by atoms with Crippen molar-refractivity contribution in [1.29, 1.82) is 5.26 Å².